The summed E-state index contributed by atoms with van der Waals surface area (Å²) < 4.78 is 40.4. The highest BCUT2D eigenvalue weighted by atomic mass is 19.4. The van der Waals surface area contributed by atoms with Crippen molar-refractivity contribution in [3.8, 4) is 5.88 Å². The summed E-state index contributed by atoms with van der Waals surface area (Å²) >= 11 is 0. The van der Waals surface area contributed by atoms with Gasteiger partial charge in [-0.15, -0.1) is 0 Å². The molecule has 1 aromatic heterocycles. The number of halogens is 3. The molecular weight excluding hydrogens is 317 g/mol. The van der Waals surface area contributed by atoms with Gasteiger partial charge in [0.15, 0.2) is 6.61 Å². The van der Waals surface area contributed by atoms with E-state index >= 15 is 0 Å². The van der Waals surface area contributed by atoms with E-state index in [-0.39, 0.29) is 30.4 Å². The summed E-state index contributed by atoms with van der Waals surface area (Å²) in [5.41, 5.74) is 0.279. The number of aromatic nitrogens is 1. The minimum atomic E-state index is -4.44. The van der Waals surface area contributed by atoms with Gasteiger partial charge in [0.1, 0.15) is 0 Å². The Balaban J connectivity index is 2.37. The van der Waals surface area contributed by atoms with Crippen LogP contribution in [0.2, 0.25) is 0 Å². The average Bonchev–Trinajstić information content (AvgIpc) is 2.45. The van der Waals surface area contributed by atoms with Crippen LogP contribution in [-0.4, -0.2) is 55.2 Å². The number of nitrogens with one attached hydrogen (secondary N) is 2. The summed E-state index contributed by atoms with van der Waals surface area (Å²) in [5.74, 6) is -0.331. The van der Waals surface area contributed by atoms with Crippen molar-refractivity contribution in [2.45, 2.75) is 12.6 Å². The van der Waals surface area contributed by atoms with Crippen LogP contribution in [0.25, 0.3) is 0 Å². The largest absolute Gasteiger partial charge is 0.468 e. The van der Waals surface area contributed by atoms with Crippen molar-refractivity contribution in [3.63, 3.8) is 0 Å². The lowest BCUT2D eigenvalue weighted by Crippen LogP contribution is -2.33. The Hall–Kier alpha value is -2.52. The maximum Gasteiger partial charge on any atom is 0.422 e. The van der Waals surface area contributed by atoms with Crippen LogP contribution >= 0.6 is 0 Å². The number of alkyl halides is 3. The number of amides is 3. The predicted molar refractivity (Wildman–Crippen MR) is 76.1 cm³/mol. The molecule has 0 aliphatic heterocycles. The second-order valence-corrected chi connectivity index (χ2v) is 4.71. The molecule has 0 aliphatic rings. The molecule has 10 heteroatoms. The molecule has 1 aromatic rings. The maximum atomic E-state index is 12.0. The molecule has 0 aromatic carbocycles. The summed E-state index contributed by atoms with van der Waals surface area (Å²) in [6, 6.07) is 2.00. The molecule has 1 heterocycles. The van der Waals surface area contributed by atoms with E-state index < -0.39 is 18.8 Å². The molecule has 0 atom stereocenters. The summed E-state index contributed by atoms with van der Waals surface area (Å²) in [7, 11) is 3.22. The van der Waals surface area contributed by atoms with Gasteiger partial charge < -0.3 is 20.3 Å². The number of hydrogen-bond donors (Lipinski definition) is 2. The van der Waals surface area contributed by atoms with Crippen molar-refractivity contribution in [3.05, 3.63) is 18.3 Å². The number of anilines is 1. The quantitative estimate of drug-likeness (QED) is 0.828. The Labute approximate surface area is 130 Å². The minimum absolute atomic E-state index is 0.127. The van der Waals surface area contributed by atoms with Crippen LogP contribution in [-0.2, 0) is 4.79 Å². The highest BCUT2D eigenvalue weighted by Crippen LogP contribution is 2.17. The van der Waals surface area contributed by atoms with E-state index in [4.69, 9.17) is 0 Å². The van der Waals surface area contributed by atoms with Crippen molar-refractivity contribution in [1.29, 1.82) is 0 Å². The number of pyridine rings is 1. The van der Waals surface area contributed by atoms with Gasteiger partial charge in [0.2, 0.25) is 11.8 Å². The topological polar surface area (TPSA) is 83.6 Å². The van der Waals surface area contributed by atoms with Crippen LogP contribution in [0, 0.1) is 0 Å². The van der Waals surface area contributed by atoms with Crippen LogP contribution < -0.4 is 15.4 Å². The molecule has 0 radical (unpaired) electrons. The average molecular weight is 334 g/mol. The normalized spacial score (nSPS) is 10.8. The minimum Gasteiger partial charge on any atom is -0.468 e. The molecule has 0 saturated carbocycles. The van der Waals surface area contributed by atoms with Crippen LogP contribution in [0.3, 0.4) is 0 Å². The van der Waals surface area contributed by atoms with Gasteiger partial charge >= 0.3 is 12.2 Å². The van der Waals surface area contributed by atoms with Gasteiger partial charge in [-0.1, -0.05) is 0 Å². The van der Waals surface area contributed by atoms with E-state index in [1.54, 1.807) is 14.1 Å². The molecule has 0 aliphatic carbocycles. The van der Waals surface area contributed by atoms with Crippen molar-refractivity contribution in [1.82, 2.24) is 15.2 Å². The van der Waals surface area contributed by atoms with Gasteiger partial charge in [0.25, 0.3) is 0 Å². The predicted octanol–water partition coefficient (Wildman–Crippen LogP) is 1.62. The standard InChI is InChI=1S/C13H17F3N4O3/c1-20(2)11(21)5-6-17-12(22)19-9-3-4-10(18-7-9)23-8-13(14,15)16/h3-4,7H,5-6,8H2,1-2H3,(H2,17,19,22). The molecule has 23 heavy (non-hydrogen) atoms. The molecule has 0 saturated heterocycles. The van der Waals surface area contributed by atoms with Gasteiger partial charge in [0.05, 0.1) is 11.9 Å². The smallest absolute Gasteiger partial charge is 0.422 e. The third-order valence-corrected chi connectivity index (χ3v) is 2.50. The maximum absolute atomic E-state index is 12.0. The monoisotopic (exact) mass is 334 g/mol. The molecule has 2 N–H and O–H groups in total. The fourth-order valence-electron chi connectivity index (χ4n) is 1.38. The SMILES string of the molecule is CN(C)C(=O)CCNC(=O)Nc1ccc(OCC(F)(F)F)nc1. The summed E-state index contributed by atoms with van der Waals surface area (Å²) in [6.07, 6.45) is -3.12. The first-order valence-electron chi connectivity index (χ1n) is 6.58. The number of rotatable bonds is 6. The third kappa shape index (κ3) is 7.88. The Morgan fingerprint density at radius 2 is 2.00 bits per heavy atom. The van der Waals surface area contributed by atoms with E-state index in [1.165, 1.54) is 17.0 Å². The second-order valence-electron chi connectivity index (χ2n) is 4.71. The van der Waals surface area contributed by atoms with Crippen molar-refractivity contribution in [2.24, 2.45) is 0 Å². The molecule has 7 nitrogen and oxygen atoms in total. The van der Waals surface area contributed by atoms with E-state index in [0.29, 0.717) is 0 Å². The first-order valence-corrected chi connectivity index (χ1v) is 6.58. The van der Waals surface area contributed by atoms with E-state index in [1.807, 2.05) is 0 Å². The Morgan fingerprint density at radius 3 is 2.52 bits per heavy atom. The van der Waals surface area contributed by atoms with Crippen molar-refractivity contribution < 1.29 is 27.5 Å². The fourth-order valence-corrected chi connectivity index (χ4v) is 1.38. The molecule has 0 unspecified atom stereocenters. The van der Waals surface area contributed by atoms with Gasteiger partial charge in [-0.25, -0.2) is 9.78 Å². The van der Waals surface area contributed by atoms with Crippen LogP contribution in [0.15, 0.2) is 18.3 Å². The molecule has 128 valence electrons. The Bertz CT molecular complexity index is 532. The summed E-state index contributed by atoms with van der Waals surface area (Å²) in [6.45, 7) is -1.28. The molecule has 0 bridgehead atoms. The number of ether oxygens (including phenoxy) is 1. The van der Waals surface area contributed by atoms with Crippen molar-refractivity contribution in [2.75, 3.05) is 32.6 Å². The lowest BCUT2D eigenvalue weighted by molar-refractivity contribution is -0.154. The number of carbonyl (C=O) groups is 2. The molecule has 3 amide bonds. The summed E-state index contributed by atoms with van der Waals surface area (Å²) in [4.78, 5) is 27.9. The van der Waals surface area contributed by atoms with Gasteiger partial charge in [-0.3, -0.25) is 4.79 Å². The zero-order chi connectivity index (χ0) is 17.5. The highest BCUT2D eigenvalue weighted by Gasteiger charge is 2.28. The lowest BCUT2D eigenvalue weighted by atomic mass is 10.4. The first-order chi connectivity index (χ1) is 10.7. The number of hydrogen-bond acceptors (Lipinski definition) is 4. The van der Waals surface area contributed by atoms with E-state index in [0.717, 1.165) is 6.20 Å². The van der Waals surface area contributed by atoms with Gasteiger partial charge in [-0.2, -0.15) is 13.2 Å². The zero-order valence-electron chi connectivity index (χ0n) is 12.6. The van der Waals surface area contributed by atoms with E-state index in [9.17, 15) is 22.8 Å². The molecule has 0 spiro atoms. The number of nitrogens with zero attached hydrogens (tertiary/aromatic N) is 2. The zero-order valence-corrected chi connectivity index (χ0v) is 12.6. The van der Waals surface area contributed by atoms with Gasteiger partial charge in [-0.05, 0) is 6.07 Å². The van der Waals surface area contributed by atoms with Crippen molar-refractivity contribution >= 4 is 17.6 Å². The first kappa shape index (κ1) is 18.5. The molecule has 1 rings (SSSR count). The third-order valence-electron chi connectivity index (χ3n) is 2.50. The Morgan fingerprint density at radius 1 is 1.30 bits per heavy atom. The second kappa shape index (κ2) is 8.20. The number of carbonyl (C=O) groups excluding carboxylic acids is 2. The van der Waals surface area contributed by atoms with Crippen LogP contribution in [0.1, 0.15) is 6.42 Å². The molecular formula is C13H17F3N4O3. The van der Waals surface area contributed by atoms with E-state index in [2.05, 4.69) is 20.4 Å². The summed E-state index contributed by atoms with van der Waals surface area (Å²) in [5, 5.41) is 4.90. The van der Waals surface area contributed by atoms with Crippen LogP contribution in [0.5, 0.6) is 5.88 Å². The number of urea groups is 1. The lowest BCUT2D eigenvalue weighted by Gasteiger charge is -2.11. The van der Waals surface area contributed by atoms with Gasteiger partial charge in [0, 0.05) is 33.1 Å². The fraction of sp³-hybridized carbons (Fsp3) is 0.462. The van der Waals surface area contributed by atoms with Crippen LogP contribution in [0.4, 0.5) is 23.7 Å². The molecule has 0 fully saturated rings. The highest BCUT2D eigenvalue weighted by molar-refractivity contribution is 5.89. The Kier molecular flexibility index (Phi) is 6.61.